The van der Waals surface area contributed by atoms with Gasteiger partial charge in [-0.1, -0.05) is 23.7 Å². The summed E-state index contributed by atoms with van der Waals surface area (Å²) in [5.74, 6) is 1.03. The highest BCUT2D eigenvalue weighted by Crippen LogP contribution is 2.17. The van der Waals surface area contributed by atoms with E-state index < -0.39 is 0 Å². The van der Waals surface area contributed by atoms with Crippen LogP contribution in [0.2, 0.25) is 5.02 Å². The lowest BCUT2D eigenvalue weighted by Crippen LogP contribution is -2.54. The van der Waals surface area contributed by atoms with E-state index in [0.717, 1.165) is 41.9 Å². The number of piperazine rings is 1. The van der Waals surface area contributed by atoms with E-state index in [0.29, 0.717) is 31.1 Å². The number of aliphatic imine (C=N–C) groups is 1. The molecule has 0 radical (unpaired) electrons. The van der Waals surface area contributed by atoms with Crippen LogP contribution in [0.15, 0.2) is 29.3 Å². The van der Waals surface area contributed by atoms with Crippen molar-refractivity contribution in [1.29, 1.82) is 0 Å². The number of halogens is 1. The molecule has 1 aliphatic heterocycles. The number of benzene rings is 1. The van der Waals surface area contributed by atoms with E-state index in [4.69, 9.17) is 16.6 Å². The Morgan fingerprint density at radius 1 is 1.24 bits per heavy atom. The molecule has 0 unspecified atom stereocenters. The number of rotatable bonds is 5. The monoisotopic (exact) mass is 433 g/mol. The normalized spacial score (nSPS) is 15.0. The summed E-state index contributed by atoms with van der Waals surface area (Å²) in [7, 11) is 0. The molecule has 0 aliphatic carbocycles. The maximum absolute atomic E-state index is 12.6. The molecule has 1 fully saturated rings. The quantitative estimate of drug-likeness (QED) is 0.580. The number of carbonyl (C=O) groups is 1. The standard InChI is InChI=1S/C21H28ClN5OS/c1-4-23-21(24-14-19-25-15(2)16(3)29-19)27-10-8-26(9-11-27)20(28)13-17-6-5-7-18(22)12-17/h5-7,12H,4,8-11,13-14H2,1-3H3,(H,23,24). The summed E-state index contributed by atoms with van der Waals surface area (Å²) in [6, 6.07) is 7.50. The summed E-state index contributed by atoms with van der Waals surface area (Å²) in [5.41, 5.74) is 2.03. The van der Waals surface area contributed by atoms with Crippen LogP contribution in [0, 0.1) is 13.8 Å². The minimum Gasteiger partial charge on any atom is -0.357 e. The molecule has 1 aromatic carbocycles. The van der Waals surface area contributed by atoms with Crippen molar-refractivity contribution in [3.05, 3.63) is 50.4 Å². The van der Waals surface area contributed by atoms with E-state index in [1.165, 1.54) is 4.88 Å². The number of hydrogen-bond donors (Lipinski definition) is 1. The molecule has 1 aromatic heterocycles. The van der Waals surface area contributed by atoms with Crippen molar-refractivity contribution in [2.75, 3.05) is 32.7 Å². The van der Waals surface area contributed by atoms with Gasteiger partial charge in [0.1, 0.15) is 5.01 Å². The molecular weight excluding hydrogens is 406 g/mol. The first-order valence-corrected chi connectivity index (χ1v) is 11.1. The van der Waals surface area contributed by atoms with Gasteiger partial charge in [-0.3, -0.25) is 4.79 Å². The Balaban J connectivity index is 1.56. The van der Waals surface area contributed by atoms with Gasteiger partial charge in [-0.15, -0.1) is 11.3 Å². The van der Waals surface area contributed by atoms with Crippen LogP contribution in [0.5, 0.6) is 0 Å². The van der Waals surface area contributed by atoms with E-state index in [1.54, 1.807) is 11.3 Å². The minimum absolute atomic E-state index is 0.141. The lowest BCUT2D eigenvalue weighted by molar-refractivity contribution is -0.131. The van der Waals surface area contributed by atoms with Crippen LogP contribution < -0.4 is 5.32 Å². The Bertz CT molecular complexity index is 854. The number of carbonyl (C=O) groups excluding carboxylic acids is 1. The molecule has 1 amide bonds. The third kappa shape index (κ3) is 5.93. The number of hydrogen-bond acceptors (Lipinski definition) is 4. The SMILES string of the molecule is CCNC(=NCc1nc(C)c(C)s1)N1CCN(C(=O)Cc2cccc(Cl)c2)CC1. The van der Waals surface area contributed by atoms with Gasteiger partial charge in [0.2, 0.25) is 5.91 Å². The molecule has 8 heteroatoms. The van der Waals surface area contributed by atoms with Gasteiger partial charge in [0.15, 0.2) is 5.96 Å². The molecule has 29 heavy (non-hydrogen) atoms. The van der Waals surface area contributed by atoms with Crippen molar-refractivity contribution in [3.63, 3.8) is 0 Å². The fraction of sp³-hybridized carbons (Fsp3) is 0.476. The second-order valence-corrected chi connectivity index (χ2v) is 8.82. The zero-order chi connectivity index (χ0) is 20.8. The van der Waals surface area contributed by atoms with Gasteiger partial charge in [0, 0.05) is 42.6 Å². The van der Waals surface area contributed by atoms with Gasteiger partial charge >= 0.3 is 0 Å². The van der Waals surface area contributed by atoms with E-state index in [2.05, 4.69) is 29.0 Å². The smallest absolute Gasteiger partial charge is 0.227 e. The number of nitrogens with one attached hydrogen (secondary N) is 1. The molecule has 2 heterocycles. The summed E-state index contributed by atoms with van der Waals surface area (Å²) in [5, 5.41) is 5.07. The number of nitrogens with zero attached hydrogens (tertiary/aromatic N) is 4. The second-order valence-electron chi connectivity index (χ2n) is 7.09. The Morgan fingerprint density at radius 3 is 2.59 bits per heavy atom. The highest BCUT2D eigenvalue weighted by Gasteiger charge is 2.23. The molecule has 2 aromatic rings. The van der Waals surface area contributed by atoms with Crippen LogP contribution in [-0.2, 0) is 17.8 Å². The van der Waals surface area contributed by atoms with Crippen LogP contribution in [-0.4, -0.2) is 59.4 Å². The third-order valence-electron chi connectivity index (χ3n) is 4.95. The second kappa shape index (κ2) is 10.1. The first kappa shape index (κ1) is 21.6. The van der Waals surface area contributed by atoms with Crippen molar-refractivity contribution in [2.45, 2.75) is 33.7 Å². The Kier molecular flexibility index (Phi) is 7.50. The van der Waals surface area contributed by atoms with Crippen molar-refractivity contribution in [2.24, 2.45) is 4.99 Å². The van der Waals surface area contributed by atoms with E-state index >= 15 is 0 Å². The maximum atomic E-state index is 12.6. The Morgan fingerprint density at radius 2 is 1.97 bits per heavy atom. The van der Waals surface area contributed by atoms with Gasteiger partial charge in [0.05, 0.1) is 18.7 Å². The van der Waals surface area contributed by atoms with E-state index in [9.17, 15) is 4.79 Å². The molecule has 3 rings (SSSR count). The lowest BCUT2D eigenvalue weighted by atomic mass is 10.1. The summed E-state index contributed by atoms with van der Waals surface area (Å²) >= 11 is 7.73. The summed E-state index contributed by atoms with van der Waals surface area (Å²) in [6.07, 6.45) is 0.386. The number of aryl methyl sites for hydroxylation is 2. The van der Waals surface area contributed by atoms with Gasteiger partial charge in [0.25, 0.3) is 0 Å². The molecular formula is C21H28ClN5OS. The fourth-order valence-corrected chi connectivity index (χ4v) is 4.35. The number of thiazole rings is 1. The summed E-state index contributed by atoms with van der Waals surface area (Å²) in [6.45, 7) is 10.5. The van der Waals surface area contributed by atoms with Gasteiger partial charge in [-0.05, 0) is 38.5 Å². The number of guanidine groups is 1. The van der Waals surface area contributed by atoms with Crippen LogP contribution in [0.25, 0.3) is 0 Å². The van der Waals surface area contributed by atoms with Gasteiger partial charge in [-0.25, -0.2) is 9.98 Å². The molecule has 0 bridgehead atoms. The Hall–Kier alpha value is -2.12. The van der Waals surface area contributed by atoms with Gasteiger partial charge < -0.3 is 15.1 Å². The molecule has 0 spiro atoms. The van der Waals surface area contributed by atoms with Crippen molar-refractivity contribution < 1.29 is 4.79 Å². The van der Waals surface area contributed by atoms with Crippen LogP contribution in [0.3, 0.4) is 0 Å². The average Bonchev–Trinajstić information content (AvgIpc) is 3.03. The van der Waals surface area contributed by atoms with Crippen LogP contribution in [0.4, 0.5) is 0 Å². The van der Waals surface area contributed by atoms with Crippen molar-refractivity contribution in [1.82, 2.24) is 20.1 Å². The van der Waals surface area contributed by atoms with Crippen LogP contribution >= 0.6 is 22.9 Å². The van der Waals surface area contributed by atoms with Gasteiger partial charge in [-0.2, -0.15) is 0 Å². The topological polar surface area (TPSA) is 60.8 Å². The first-order valence-electron chi connectivity index (χ1n) is 9.94. The van der Waals surface area contributed by atoms with E-state index in [1.807, 2.05) is 36.1 Å². The predicted molar refractivity (Wildman–Crippen MR) is 120 cm³/mol. The van der Waals surface area contributed by atoms with Crippen molar-refractivity contribution >= 4 is 34.8 Å². The largest absolute Gasteiger partial charge is 0.357 e. The Labute approximate surface area is 181 Å². The first-order chi connectivity index (χ1) is 14.0. The maximum Gasteiger partial charge on any atom is 0.227 e. The molecule has 1 N–H and O–H groups in total. The van der Waals surface area contributed by atoms with Crippen molar-refractivity contribution in [3.8, 4) is 0 Å². The zero-order valence-corrected chi connectivity index (χ0v) is 18.8. The third-order valence-corrected chi connectivity index (χ3v) is 6.24. The van der Waals surface area contributed by atoms with E-state index in [-0.39, 0.29) is 5.91 Å². The average molecular weight is 434 g/mol. The fourth-order valence-electron chi connectivity index (χ4n) is 3.28. The summed E-state index contributed by atoms with van der Waals surface area (Å²) in [4.78, 5) is 27.4. The predicted octanol–water partition coefficient (Wildman–Crippen LogP) is 3.27. The molecule has 0 saturated carbocycles. The number of amides is 1. The molecule has 0 atom stereocenters. The lowest BCUT2D eigenvalue weighted by Gasteiger charge is -2.36. The molecule has 1 aliphatic rings. The highest BCUT2D eigenvalue weighted by molar-refractivity contribution is 7.11. The summed E-state index contributed by atoms with van der Waals surface area (Å²) < 4.78 is 0. The number of aromatic nitrogens is 1. The zero-order valence-electron chi connectivity index (χ0n) is 17.2. The van der Waals surface area contributed by atoms with Crippen LogP contribution in [0.1, 0.15) is 28.1 Å². The molecule has 156 valence electrons. The minimum atomic E-state index is 0.141. The molecule has 6 nitrogen and oxygen atoms in total. The highest BCUT2D eigenvalue weighted by atomic mass is 35.5. The molecule has 1 saturated heterocycles.